The maximum atomic E-state index is 3.43. The topological polar surface area (TPSA) is 0 Å². The van der Waals surface area contributed by atoms with Crippen molar-refractivity contribution >= 4 is 18.4 Å². The molecule has 0 spiro atoms. The van der Waals surface area contributed by atoms with E-state index in [2.05, 4.69) is 55.1 Å². The second kappa shape index (κ2) is 4.71. The SMILES string of the molecule is [CH3][Sn]([CH3])([CH3])[C]#CC1=CC=CCC=C1. The molecule has 0 radical (unpaired) electrons. The Morgan fingerprint density at radius 1 is 1.23 bits per heavy atom. The molecule has 0 saturated heterocycles. The maximum absolute atomic E-state index is 3.43. The summed E-state index contributed by atoms with van der Waals surface area (Å²) in [6.07, 6.45) is 11.6. The van der Waals surface area contributed by atoms with Crippen LogP contribution in [-0.2, 0) is 0 Å². The molecule has 68 valence electrons. The van der Waals surface area contributed by atoms with Gasteiger partial charge in [0, 0.05) is 0 Å². The Labute approximate surface area is 85.3 Å². The summed E-state index contributed by atoms with van der Waals surface area (Å²) in [5.74, 6) is 3.27. The van der Waals surface area contributed by atoms with E-state index >= 15 is 0 Å². The van der Waals surface area contributed by atoms with E-state index in [4.69, 9.17) is 0 Å². The third-order valence-corrected chi connectivity index (χ3v) is 4.06. The Morgan fingerprint density at radius 3 is 2.69 bits per heavy atom. The Bertz CT molecular complexity index is 313. The summed E-state index contributed by atoms with van der Waals surface area (Å²) in [6.45, 7) is 0. The zero-order valence-electron chi connectivity index (χ0n) is 8.59. The first-order chi connectivity index (χ1) is 6.08. The van der Waals surface area contributed by atoms with Gasteiger partial charge >= 0.3 is 85.4 Å². The molecular weight excluding hydrogens is 263 g/mol. The second-order valence-corrected chi connectivity index (χ2v) is 17.7. The minimum absolute atomic E-state index is 1.03. The van der Waals surface area contributed by atoms with E-state index in [0.29, 0.717) is 0 Å². The van der Waals surface area contributed by atoms with Crippen molar-refractivity contribution < 1.29 is 0 Å². The van der Waals surface area contributed by atoms with Gasteiger partial charge in [-0.05, 0) is 0 Å². The molecule has 0 unspecified atom stereocenters. The molecule has 1 rings (SSSR count). The van der Waals surface area contributed by atoms with Gasteiger partial charge in [-0.1, -0.05) is 0 Å². The monoisotopic (exact) mass is 280 g/mol. The van der Waals surface area contributed by atoms with Gasteiger partial charge in [0.25, 0.3) is 0 Å². The van der Waals surface area contributed by atoms with Crippen LogP contribution in [-0.4, -0.2) is 18.4 Å². The van der Waals surface area contributed by atoms with E-state index in [9.17, 15) is 0 Å². The zero-order valence-corrected chi connectivity index (χ0v) is 11.4. The van der Waals surface area contributed by atoms with E-state index in [1.807, 2.05) is 0 Å². The number of hydrogen-bond donors (Lipinski definition) is 0. The Balaban J connectivity index is 2.77. The Hall–Kier alpha value is -0.421. The normalized spacial score (nSPS) is 15.8. The van der Waals surface area contributed by atoms with Crippen molar-refractivity contribution in [1.29, 1.82) is 0 Å². The van der Waals surface area contributed by atoms with E-state index in [-0.39, 0.29) is 0 Å². The standard InChI is InChI=1S/C9H7.3CH3.Sn/c1-2-9-7-5-3-4-6-8-9;;;;/h3,5-8H,4H2;3*1H3;. The van der Waals surface area contributed by atoms with Gasteiger partial charge in [-0.3, -0.25) is 0 Å². The molecule has 0 nitrogen and oxygen atoms in total. The van der Waals surface area contributed by atoms with Gasteiger partial charge < -0.3 is 0 Å². The molecule has 0 N–H and O–H groups in total. The van der Waals surface area contributed by atoms with Crippen LogP contribution in [0.2, 0.25) is 14.8 Å². The molecule has 0 aromatic heterocycles. The van der Waals surface area contributed by atoms with Crippen molar-refractivity contribution in [2.75, 3.05) is 0 Å². The van der Waals surface area contributed by atoms with Crippen molar-refractivity contribution in [2.24, 2.45) is 0 Å². The van der Waals surface area contributed by atoms with Crippen molar-refractivity contribution in [1.82, 2.24) is 0 Å². The summed E-state index contributed by atoms with van der Waals surface area (Å²) >= 11 is -1.89. The van der Waals surface area contributed by atoms with Gasteiger partial charge in [0.1, 0.15) is 0 Å². The molecule has 0 saturated carbocycles. The molecule has 0 bridgehead atoms. The molecule has 0 aromatic carbocycles. The van der Waals surface area contributed by atoms with Crippen LogP contribution in [0.25, 0.3) is 0 Å². The molecule has 1 aliphatic carbocycles. The molecule has 0 heterocycles. The van der Waals surface area contributed by atoms with Crippen LogP contribution in [0.4, 0.5) is 0 Å². The molecule has 13 heavy (non-hydrogen) atoms. The fourth-order valence-corrected chi connectivity index (χ4v) is 2.40. The fourth-order valence-electron chi connectivity index (χ4n) is 0.922. The van der Waals surface area contributed by atoms with Crippen LogP contribution in [0.1, 0.15) is 6.42 Å². The number of rotatable bonds is 0. The average Bonchev–Trinajstić information content (AvgIpc) is 2.26. The Morgan fingerprint density at radius 2 is 2.00 bits per heavy atom. The molecule has 1 heteroatoms. The summed E-state index contributed by atoms with van der Waals surface area (Å²) in [6, 6.07) is 0. The van der Waals surface area contributed by atoms with E-state index in [1.165, 1.54) is 0 Å². The van der Waals surface area contributed by atoms with Gasteiger partial charge in [0.2, 0.25) is 0 Å². The van der Waals surface area contributed by atoms with E-state index < -0.39 is 18.4 Å². The van der Waals surface area contributed by atoms with Crippen molar-refractivity contribution in [3.63, 3.8) is 0 Å². The van der Waals surface area contributed by atoms with Gasteiger partial charge in [0.15, 0.2) is 0 Å². The van der Waals surface area contributed by atoms with Crippen molar-refractivity contribution in [3.8, 4) is 9.86 Å². The third-order valence-electron chi connectivity index (χ3n) is 1.56. The molecule has 0 fully saturated rings. The Kier molecular flexibility index (Phi) is 3.87. The van der Waals surface area contributed by atoms with Crippen LogP contribution in [0.3, 0.4) is 0 Å². The molecular formula is C12H16Sn. The zero-order chi connectivity index (χ0) is 9.73. The van der Waals surface area contributed by atoms with Crippen LogP contribution < -0.4 is 0 Å². The predicted molar refractivity (Wildman–Crippen MR) is 62.1 cm³/mol. The molecule has 0 amide bonds. The summed E-state index contributed by atoms with van der Waals surface area (Å²) in [5.41, 5.74) is 1.15. The minimum atomic E-state index is -1.89. The van der Waals surface area contributed by atoms with Crippen LogP contribution >= 0.6 is 0 Å². The van der Waals surface area contributed by atoms with Crippen LogP contribution in [0.5, 0.6) is 0 Å². The quantitative estimate of drug-likeness (QED) is 0.471. The first-order valence-electron chi connectivity index (χ1n) is 4.64. The molecule has 0 aliphatic heterocycles. The van der Waals surface area contributed by atoms with Gasteiger partial charge in [-0.25, -0.2) is 0 Å². The fraction of sp³-hybridized carbons (Fsp3) is 0.333. The molecule has 0 aromatic rings. The van der Waals surface area contributed by atoms with Crippen molar-refractivity contribution in [3.05, 3.63) is 36.0 Å². The van der Waals surface area contributed by atoms with Gasteiger partial charge in [-0.15, -0.1) is 0 Å². The summed E-state index contributed by atoms with van der Waals surface area (Å²) in [4.78, 5) is 7.00. The van der Waals surface area contributed by atoms with E-state index in [0.717, 1.165) is 12.0 Å². The first kappa shape index (κ1) is 10.7. The number of allylic oxidation sites excluding steroid dienone is 6. The first-order valence-corrected chi connectivity index (χ1v) is 14.6. The molecule has 0 atom stereocenters. The molecule has 1 aliphatic rings. The van der Waals surface area contributed by atoms with Crippen LogP contribution in [0, 0.1) is 9.86 Å². The summed E-state index contributed by atoms with van der Waals surface area (Å²) < 4.78 is 3.43. The predicted octanol–water partition coefficient (Wildman–Crippen LogP) is 3.31. The van der Waals surface area contributed by atoms with Crippen molar-refractivity contribution in [2.45, 2.75) is 21.2 Å². The van der Waals surface area contributed by atoms with Crippen LogP contribution in [0.15, 0.2) is 36.0 Å². The van der Waals surface area contributed by atoms with Gasteiger partial charge in [-0.2, -0.15) is 0 Å². The summed E-state index contributed by atoms with van der Waals surface area (Å²) in [7, 11) is 0. The van der Waals surface area contributed by atoms with E-state index in [1.54, 1.807) is 0 Å². The van der Waals surface area contributed by atoms with Gasteiger partial charge in [0.05, 0.1) is 0 Å². The third kappa shape index (κ3) is 5.00. The summed E-state index contributed by atoms with van der Waals surface area (Å²) in [5, 5.41) is 0. The average molecular weight is 279 g/mol. The second-order valence-electron chi connectivity index (χ2n) is 4.19. The number of hydrogen-bond acceptors (Lipinski definition) is 0.